The van der Waals surface area contributed by atoms with E-state index in [1.165, 1.54) is 22.3 Å². The maximum atomic E-state index is 4.01. The fraction of sp³-hybridized carbons (Fsp3) is 0.357. The summed E-state index contributed by atoms with van der Waals surface area (Å²) in [4.78, 5) is 0. The number of nitrogens with one attached hydrogen (secondary N) is 2. The molecule has 1 heterocycles. The van der Waals surface area contributed by atoms with Gasteiger partial charge in [-0.2, -0.15) is 5.10 Å². The van der Waals surface area contributed by atoms with Gasteiger partial charge in [0.1, 0.15) is 0 Å². The number of hydrogen-bond donors (Lipinski definition) is 2. The summed E-state index contributed by atoms with van der Waals surface area (Å²) in [7, 11) is 0. The van der Waals surface area contributed by atoms with E-state index in [1.807, 2.05) is 13.1 Å². The molecule has 0 radical (unpaired) electrons. The molecule has 3 nitrogen and oxygen atoms in total. The SMILES string of the molecule is Cc1ccc(CNCc2cn[nH]c2C)c(C)c1. The quantitative estimate of drug-likeness (QED) is 0.846. The molecule has 0 aliphatic carbocycles. The maximum Gasteiger partial charge on any atom is 0.0535 e. The van der Waals surface area contributed by atoms with Crippen LogP contribution in [0.15, 0.2) is 24.4 Å². The third-order valence-electron chi connectivity index (χ3n) is 3.06. The van der Waals surface area contributed by atoms with Crippen molar-refractivity contribution in [2.24, 2.45) is 0 Å². The lowest BCUT2D eigenvalue weighted by Crippen LogP contribution is -2.13. The van der Waals surface area contributed by atoms with Gasteiger partial charge in [0.15, 0.2) is 0 Å². The van der Waals surface area contributed by atoms with E-state index in [0.29, 0.717) is 0 Å². The van der Waals surface area contributed by atoms with E-state index >= 15 is 0 Å². The minimum Gasteiger partial charge on any atom is -0.308 e. The number of rotatable bonds is 4. The fourth-order valence-electron chi connectivity index (χ4n) is 1.93. The average molecular weight is 229 g/mol. The lowest BCUT2D eigenvalue weighted by molar-refractivity contribution is 0.688. The predicted molar refractivity (Wildman–Crippen MR) is 69.8 cm³/mol. The second-order valence-corrected chi connectivity index (χ2v) is 4.55. The molecule has 0 fully saturated rings. The van der Waals surface area contributed by atoms with E-state index in [1.54, 1.807) is 0 Å². The topological polar surface area (TPSA) is 40.7 Å². The minimum absolute atomic E-state index is 0.857. The van der Waals surface area contributed by atoms with E-state index < -0.39 is 0 Å². The molecule has 0 aliphatic heterocycles. The molecular formula is C14H19N3. The van der Waals surface area contributed by atoms with Crippen LogP contribution in [0.1, 0.15) is 27.9 Å². The van der Waals surface area contributed by atoms with Crippen molar-refractivity contribution < 1.29 is 0 Å². The molecule has 3 heteroatoms. The van der Waals surface area contributed by atoms with Crippen molar-refractivity contribution in [2.45, 2.75) is 33.9 Å². The zero-order valence-corrected chi connectivity index (χ0v) is 10.7. The molecule has 0 bridgehead atoms. The maximum absolute atomic E-state index is 4.01. The van der Waals surface area contributed by atoms with Crippen LogP contribution in [-0.2, 0) is 13.1 Å². The molecule has 1 aromatic carbocycles. The van der Waals surface area contributed by atoms with Gasteiger partial charge in [0, 0.05) is 24.3 Å². The summed E-state index contributed by atoms with van der Waals surface area (Å²) in [6, 6.07) is 6.58. The van der Waals surface area contributed by atoms with Gasteiger partial charge in [0.05, 0.1) is 6.20 Å². The second-order valence-electron chi connectivity index (χ2n) is 4.55. The van der Waals surface area contributed by atoms with Gasteiger partial charge in [0.2, 0.25) is 0 Å². The molecule has 2 N–H and O–H groups in total. The highest BCUT2D eigenvalue weighted by molar-refractivity contribution is 5.30. The van der Waals surface area contributed by atoms with Gasteiger partial charge in [-0.1, -0.05) is 23.8 Å². The van der Waals surface area contributed by atoms with Crippen molar-refractivity contribution in [3.8, 4) is 0 Å². The monoisotopic (exact) mass is 229 g/mol. The van der Waals surface area contributed by atoms with E-state index in [0.717, 1.165) is 18.8 Å². The lowest BCUT2D eigenvalue weighted by Gasteiger charge is -2.08. The highest BCUT2D eigenvalue weighted by Crippen LogP contribution is 2.10. The van der Waals surface area contributed by atoms with Crippen molar-refractivity contribution >= 4 is 0 Å². The first kappa shape index (κ1) is 11.9. The first-order valence-electron chi connectivity index (χ1n) is 5.92. The molecule has 0 saturated carbocycles. The predicted octanol–water partition coefficient (Wildman–Crippen LogP) is 2.62. The summed E-state index contributed by atoms with van der Waals surface area (Å²) in [5, 5.41) is 10.4. The van der Waals surface area contributed by atoms with Crippen molar-refractivity contribution in [2.75, 3.05) is 0 Å². The van der Waals surface area contributed by atoms with Crippen LogP contribution in [0, 0.1) is 20.8 Å². The van der Waals surface area contributed by atoms with Crippen LogP contribution in [0.2, 0.25) is 0 Å². The number of hydrogen-bond acceptors (Lipinski definition) is 2. The van der Waals surface area contributed by atoms with Crippen LogP contribution in [0.5, 0.6) is 0 Å². The highest BCUT2D eigenvalue weighted by atomic mass is 15.1. The molecule has 1 aromatic heterocycles. The third kappa shape index (κ3) is 2.94. The van der Waals surface area contributed by atoms with E-state index in [4.69, 9.17) is 0 Å². The highest BCUT2D eigenvalue weighted by Gasteiger charge is 2.01. The number of aryl methyl sites for hydroxylation is 3. The van der Waals surface area contributed by atoms with E-state index in [2.05, 4.69) is 47.6 Å². The largest absolute Gasteiger partial charge is 0.308 e. The smallest absolute Gasteiger partial charge is 0.0535 e. The molecule has 0 saturated heterocycles. The van der Waals surface area contributed by atoms with Crippen LogP contribution >= 0.6 is 0 Å². The standard InChI is InChI=1S/C14H19N3/c1-10-4-5-13(11(2)6-10)7-15-8-14-9-16-17-12(14)3/h4-6,9,15H,7-8H2,1-3H3,(H,16,17). The summed E-state index contributed by atoms with van der Waals surface area (Å²) < 4.78 is 0. The number of benzene rings is 1. The van der Waals surface area contributed by atoms with E-state index in [9.17, 15) is 0 Å². The van der Waals surface area contributed by atoms with Gasteiger partial charge >= 0.3 is 0 Å². The Morgan fingerprint density at radius 2 is 1.88 bits per heavy atom. The Bertz CT molecular complexity index is 500. The summed E-state index contributed by atoms with van der Waals surface area (Å²) in [6.45, 7) is 8.08. The Kier molecular flexibility index (Phi) is 3.59. The Morgan fingerprint density at radius 1 is 1.12 bits per heavy atom. The molecule has 0 spiro atoms. The second kappa shape index (κ2) is 5.15. The van der Waals surface area contributed by atoms with Crippen molar-refractivity contribution in [1.29, 1.82) is 0 Å². The third-order valence-corrected chi connectivity index (χ3v) is 3.06. The first-order chi connectivity index (χ1) is 8.16. The number of aromatic amines is 1. The minimum atomic E-state index is 0.857. The summed E-state index contributed by atoms with van der Waals surface area (Å²) in [6.07, 6.45) is 1.88. The average Bonchev–Trinajstić information content (AvgIpc) is 2.68. The molecule has 0 aliphatic rings. The van der Waals surface area contributed by atoms with Gasteiger partial charge in [0.25, 0.3) is 0 Å². The van der Waals surface area contributed by atoms with Crippen LogP contribution in [-0.4, -0.2) is 10.2 Å². The van der Waals surface area contributed by atoms with Crippen LogP contribution in [0.3, 0.4) is 0 Å². The van der Waals surface area contributed by atoms with Gasteiger partial charge < -0.3 is 5.32 Å². The molecule has 2 rings (SSSR count). The summed E-state index contributed by atoms with van der Waals surface area (Å²) >= 11 is 0. The summed E-state index contributed by atoms with van der Waals surface area (Å²) in [5.74, 6) is 0. The summed E-state index contributed by atoms with van der Waals surface area (Å²) in [5.41, 5.74) is 6.39. The Hall–Kier alpha value is -1.61. The van der Waals surface area contributed by atoms with Crippen LogP contribution < -0.4 is 5.32 Å². The molecule has 0 atom stereocenters. The van der Waals surface area contributed by atoms with Crippen molar-refractivity contribution in [3.05, 3.63) is 52.3 Å². The normalized spacial score (nSPS) is 10.8. The molecule has 0 amide bonds. The van der Waals surface area contributed by atoms with Gasteiger partial charge in [-0.15, -0.1) is 0 Å². The number of aromatic nitrogens is 2. The first-order valence-corrected chi connectivity index (χ1v) is 5.92. The van der Waals surface area contributed by atoms with Crippen LogP contribution in [0.4, 0.5) is 0 Å². The number of H-pyrrole nitrogens is 1. The Balaban J connectivity index is 1.92. The molecule has 0 unspecified atom stereocenters. The zero-order chi connectivity index (χ0) is 12.3. The Labute approximate surface area is 102 Å². The molecule has 90 valence electrons. The molecular weight excluding hydrogens is 210 g/mol. The van der Waals surface area contributed by atoms with Gasteiger partial charge in [-0.3, -0.25) is 5.10 Å². The van der Waals surface area contributed by atoms with E-state index in [-0.39, 0.29) is 0 Å². The van der Waals surface area contributed by atoms with Crippen molar-refractivity contribution in [1.82, 2.24) is 15.5 Å². The Morgan fingerprint density at radius 3 is 2.53 bits per heavy atom. The molecule has 2 aromatic rings. The van der Waals surface area contributed by atoms with Gasteiger partial charge in [-0.05, 0) is 31.9 Å². The number of nitrogens with zero attached hydrogens (tertiary/aromatic N) is 1. The lowest BCUT2D eigenvalue weighted by atomic mass is 10.1. The van der Waals surface area contributed by atoms with Gasteiger partial charge in [-0.25, -0.2) is 0 Å². The molecule has 17 heavy (non-hydrogen) atoms. The van der Waals surface area contributed by atoms with Crippen molar-refractivity contribution in [3.63, 3.8) is 0 Å². The fourth-order valence-corrected chi connectivity index (χ4v) is 1.93. The zero-order valence-electron chi connectivity index (χ0n) is 10.7. The van der Waals surface area contributed by atoms with Crippen LogP contribution in [0.25, 0.3) is 0 Å².